The zero-order valence-electron chi connectivity index (χ0n) is 25.2. The van der Waals surface area contributed by atoms with E-state index in [1.807, 2.05) is 17.5 Å². The topological polar surface area (TPSA) is 111 Å². The number of nitrogens with zero attached hydrogens (tertiary/aromatic N) is 5. The molecule has 2 aromatic heterocycles. The Morgan fingerprint density at radius 3 is 2.28 bits per heavy atom. The Labute approximate surface area is 277 Å². The van der Waals surface area contributed by atoms with Gasteiger partial charge in [-0.25, -0.2) is 13.8 Å². The fourth-order valence-corrected chi connectivity index (χ4v) is 6.57. The smallest absolute Gasteiger partial charge is 0.253 e. The minimum atomic E-state index is -0.423. The van der Waals surface area contributed by atoms with Crippen LogP contribution < -0.4 is 14.8 Å². The predicted octanol–water partition coefficient (Wildman–Crippen LogP) is 6.02. The molecule has 1 aliphatic rings. The second-order valence-corrected chi connectivity index (χ2v) is 12.2. The van der Waals surface area contributed by atoms with Gasteiger partial charge in [-0.3, -0.25) is 14.2 Å². The van der Waals surface area contributed by atoms with Crippen molar-refractivity contribution in [1.82, 2.24) is 25.1 Å². The van der Waals surface area contributed by atoms with Crippen LogP contribution in [0.25, 0.3) is 5.69 Å². The van der Waals surface area contributed by atoms with Crippen molar-refractivity contribution >= 4 is 40.6 Å². The van der Waals surface area contributed by atoms with Crippen LogP contribution in [0.2, 0.25) is 0 Å². The van der Waals surface area contributed by atoms with Gasteiger partial charge >= 0.3 is 0 Å². The van der Waals surface area contributed by atoms with Crippen LogP contribution in [0.5, 0.6) is 11.5 Å². The maximum atomic E-state index is 13.8. The van der Waals surface area contributed by atoms with Crippen LogP contribution in [0.4, 0.5) is 8.78 Å². The number of thioether (sulfide) groups is 1. The van der Waals surface area contributed by atoms with Crippen LogP contribution in [0, 0.1) is 11.6 Å². The summed E-state index contributed by atoms with van der Waals surface area (Å²) < 4.78 is 39.8. The van der Waals surface area contributed by atoms with E-state index in [1.165, 1.54) is 54.8 Å². The summed E-state index contributed by atoms with van der Waals surface area (Å²) in [6.45, 7) is -0.0233. The van der Waals surface area contributed by atoms with Gasteiger partial charge in [-0.1, -0.05) is 30.0 Å². The lowest BCUT2D eigenvalue weighted by Crippen LogP contribution is -2.28. The largest absolute Gasteiger partial charge is 0.497 e. The number of carbonyl (C=O) groups is 2. The van der Waals surface area contributed by atoms with E-state index >= 15 is 0 Å². The number of carbonyl (C=O) groups excluding carboxylic acids is 2. The van der Waals surface area contributed by atoms with Gasteiger partial charge in [0.2, 0.25) is 0 Å². The fourth-order valence-electron chi connectivity index (χ4n) is 5.03. The molecular weight excluding hydrogens is 647 g/mol. The van der Waals surface area contributed by atoms with Gasteiger partial charge in [0, 0.05) is 23.7 Å². The van der Waals surface area contributed by atoms with E-state index in [1.54, 1.807) is 47.0 Å². The molecule has 14 heteroatoms. The molecule has 0 radical (unpaired) electrons. The van der Waals surface area contributed by atoms with E-state index in [0.29, 0.717) is 40.2 Å². The van der Waals surface area contributed by atoms with Crippen LogP contribution in [-0.2, 0) is 11.3 Å². The molecule has 47 heavy (non-hydrogen) atoms. The molecular formula is C33H28F2N6O4S2. The Hall–Kier alpha value is -5.08. The van der Waals surface area contributed by atoms with Crippen molar-refractivity contribution < 1.29 is 27.8 Å². The highest BCUT2D eigenvalue weighted by atomic mass is 32.2. The quantitative estimate of drug-likeness (QED) is 0.171. The summed E-state index contributed by atoms with van der Waals surface area (Å²) in [6.07, 6.45) is 0.483. The number of ether oxygens (including phenoxy) is 2. The lowest BCUT2D eigenvalue weighted by Gasteiger charge is -2.22. The predicted molar refractivity (Wildman–Crippen MR) is 174 cm³/mol. The van der Waals surface area contributed by atoms with Crippen molar-refractivity contribution in [3.63, 3.8) is 0 Å². The van der Waals surface area contributed by atoms with E-state index in [9.17, 15) is 18.4 Å². The van der Waals surface area contributed by atoms with Gasteiger partial charge in [-0.05, 0) is 65.5 Å². The molecule has 1 N–H and O–H groups in total. The van der Waals surface area contributed by atoms with Gasteiger partial charge < -0.3 is 14.8 Å². The first-order valence-electron chi connectivity index (χ1n) is 14.4. The molecule has 0 saturated heterocycles. The number of halogens is 2. The number of aromatic nitrogens is 3. The van der Waals surface area contributed by atoms with Gasteiger partial charge in [0.1, 0.15) is 23.1 Å². The number of methoxy groups -OCH3 is 2. The lowest BCUT2D eigenvalue weighted by molar-refractivity contribution is -0.130. The number of nitrogens with one attached hydrogen (secondary N) is 1. The second kappa shape index (κ2) is 14.1. The first-order chi connectivity index (χ1) is 22.8. The fraction of sp³-hybridized carbons (Fsp3) is 0.182. The molecule has 3 heterocycles. The van der Waals surface area contributed by atoms with Crippen molar-refractivity contribution in [2.24, 2.45) is 5.10 Å². The maximum Gasteiger partial charge on any atom is 0.253 e. The molecule has 0 spiro atoms. The minimum Gasteiger partial charge on any atom is -0.497 e. The highest BCUT2D eigenvalue weighted by Gasteiger charge is 2.33. The number of hydrazone groups is 1. The molecule has 240 valence electrons. The average molecular weight is 675 g/mol. The first kappa shape index (κ1) is 31.9. The number of amides is 2. The van der Waals surface area contributed by atoms with E-state index in [-0.39, 0.29) is 24.0 Å². The monoisotopic (exact) mass is 674 g/mol. The number of hydrogen-bond donors (Lipinski definition) is 1. The number of thiophene rings is 1. The van der Waals surface area contributed by atoms with E-state index < -0.39 is 17.8 Å². The third-order valence-electron chi connectivity index (χ3n) is 7.36. The molecule has 0 saturated carbocycles. The number of rotatable bonds is 11. The summed E-state index contributed by atoms with van der Waals surface area (Å²) in [7, 11) is 2.99. The molecule has 1 atom stereocenters. The van der Waals surface area contributed by atoms with Crippen molar-refractivity contribution in [1.29, 1.82) is 0 Å². The summed E-state index contributed by atoms with van der Waals surface area (Å²) in [6, 6.07) is 20.1. The van der Waals surface area contributed by atoms with E-state index in [2.05, 4.69) is 20.6 Å². The molecule has 0 fully saturated rings. The average Bonchev–Trinajstić information content (AvgIpc) is 3.87. The minimum absolute atomic E-state index is 0.0233. The highest BCUT2D eigenvalue weighted by Crippen LogP contribution is 2.35. The summed E-state index contributed by atoms with van der Waals surface area (Å²) in [5, 5.41) is 19.8. The number of benzene rings is 3. The van der Waals surface area contributed by atoms with Crippen molar-refractivity contribution in [3.05, 3.63) is 118 Å². The van der Waals surface area contributed by atoms with Gasteiger partial charge in [0.05, 0.1) is 43.1 Å². The SMILES string of the molecule is COc1cc(OC)cc(C(=O)NCc2nnc(SCC(=O)N3N=C(c4cccs4)C[C@@H]3c3ccc(F)cc3)n2-c2ccc(F)cc2)c1. The number of hydrogen-bond acceptors (Lipinski definition) is 9. The van der Waals surface area contributed by atoms with Crippen LogP contribution in [0.3, 0.4) is 0 Å². The van der Waals surface area contributed by atoms with Gasteiger partial charge in [-0.15, -0.1) is 21.5 Å². The summed E-state index contributed by atoms with van der Waals surface area (Å²) >= 11 is 2.66. The normalized spacial score (nSPS) is 14.2. The summed E-state index contributed by atoms with van der Waals surface area (Å²) in [4.78, 5) is 27.7. The van der Waals surface area contributed by atoms with Crippen molar-refractivity contribution in [3.8, 4) is 17.2 Å². The first-order valence-corrected chi connectivity index (χ1v) is 16.2. The Bertz CT molecular complexity index is 1890. The van der Waals surface area contributed by atoms with Crippen LogP contribution >= 0.6 is 23.1 Å². The third kappa shape index (κ3) is 7.18. The van der Waals surface area contributed by atoms with Crippen LogP contribution in [-0.4, -0.2) is 57.3 Å². The van der Waals surface area contributed by atoms with Crippen molar-refractivity contribution in [2.45, 2.75) is 24.2 Å². The van der Waals surface area contributed by atoms with Crippen LogP contribution in [0.15, 0.2) is 94.5 Å². The Kier molecular flexibility index (Phi) is 9.59. The zero-order valence-corrected chi connectivity index (χ0v) is 26.9. The molecule has 10 nitrogen and oxygen atoms in total. The lowest BCUT2D eigenvalue weighted by atomic mass is 10.0. The molecule has 2 amide bonds. The molecule has 1 aliphatic heterocycles. The van der Waals surface area contributed by atoms with Gasteiger partial charge in [-0.2, -0.15) is 5.10 Å². The van der Waals surface area contributed by atoms with Crippen molar-refractivity contribution in [2.75, 3.05) is 20.0 Å². The molecule has 6 rings (SSSR count). The summed E-state index contributed by atoms with van der Waals surface area (Å²) in [5.41, 5.74) is 2.40. The molecule has 5 aromatic rings. The van der Waals surface area contributed by atoms with Gasteiger partial charge in [0.25, 0.3) is 11.8 Å². The third-order valence-corrected chi connectivity index (χ3v) is 9.19. The second-order valence-electron chi connectivity index (χ2n) is 10.3. The highest BCUT2D eigenvalue weighted by molar-refractivity contribution is 7.99. The molecule has 0 aliphatic carbocycles. The zero-order chi connectivity index (χ0) is 32.9. The van der Waals surface area contributed by atoms with E-state index in [0.717, 1.165) is 27.9 Å². The van der Waals surface area contributed by atoms with Crippen LogP contribution in [0.1, 0.15) is 39.1 Å². The van der Waals surface area contributed by atoms with E-state index in [4.69, 9.17) is 9.47 Å². The Balaban J connectivity index is 1.23. The Morgan fingerprint density at radius 2 is 1.64 bits per heavy atom. The standard InChI is InChI=1S/C33H28F2N6O4S2/c1-44-25-14-21(15-26(16-25)45-2)32(43)36-18-30-37-38-33(40(30)24-11-9-23(35)10-12-24)47-19-31(42)41-28(20-5-7-22(34)8-6-20)17-27(39-41)29-4-3-13-46-29/h3-16,28H,17-19H2,1-2H3,(H,36,43)/t28-/m1/s1. The molecule has 0 unspecified atom stereocenters. The Morgan fingerprint density at radius 1 is 0.957 bits per heavy atom. The molecule has 3 aromatic carbocycles. The maximum absolute atomic E-state index is 13.8. The van der Waals surface area contributed by atoms with Gasteiger partial charge in [0.15, 0.2) is 11.0 Å². The molecule has 0 bridgehead atoms. The summed E-state index contributed by atoms with van der Waals surface area (Å²) in [5.74, 6) is -0.250.